The van der Waals surface area contributed by atoms with Gasteiger partial charge in [0.1, 0.15) is 5.75 Å². The summed E-state index contributed by atoms with van der Waals surface area (Å²) in [6, 6.07) is 44.0. The van der Waals surface area contributed by atoms with E-state index in [1.807, 2.05) is 6.07 Å². The van der Waals surface area contributed by atoms with E-state index < -0.39 is 5.60 Å². The fourth-order valence-corrected chi connectivity index (χ4v) is 9.67. The lowest BCUT2D eigenvalue weighted by Crippen LogP contribution is -2.37. The van der Waals surface area contributed by atoms with Crippen LogP contribution >= 0.6 is 0 Å². The van der Waals surface area contributed by atoms with Crippen molar-refractivity contribution in [2.24, 2.45) is 0 Å². The van der Waals surface area contributed by atoms with Crippen LogP contribution in [-0.2, 0) is 15.8 Å². The van der Waals surface area contributed by atoms with Crippen molar-refractivity contribution in [3.63, 3.8) is 0 Å². The molecule has 1 atom stereocenters. The summed E-state index contributed by atoms with van der Waals surface area (Å²) in [5.41, 5.74) is 9.20. The smallest absolute Gasteiger partial charge is 0.187 e. The minimum Gasteiger partial charge on any atom is -0.472 e. The third-order valence-corrected chi connectivity index (χ3v) is 12.4. The van der Waals surface area contributed by atoms with Crippen LogP contribution in [0, 0.1) is 6.57 Å². The van der Waals surface area contributed by atoms with Crippen LogP contribution in [0.15, 0.2) is 127 Å². The van der Waals surface area contributed by atoms with E-state index in [-0.39, 0.29) is 5.41 Å². The first-order valence-corrected chi connectivity index (χ1v) is 18.9. The minimum absolute atomic E-state index is 0.239. The second-order valence-corrected chi connectivity index (χ2v) is 14.7. The summed E-state index contributed by atoms with van der Waals surface area (Å²) >= 11 is 0. The highest BCUT2D eigenvalue weighted by Gasteiger charge is 2.47. The Balaban J connectivity index is 1.22. The number of benzene rings is 7. The van der Waals surface area contributed by atoms with Crippen molar-refractivity contribution in [2.45, 2.75) is 37.7 Å². The topological polar surface area (TPSA) is 26.1 Å². The van der Waals surface area contributed by atoms with E-state index in [0.29, 0.717) is 5.69 Å². The molecule has 10 rings (SSSR count). The molecule has 0 saturated carbocycles. The van der Waals surface area contributed by atoms with Gasteiger partial charge in [-0.25, -0.2) is 4.85 Å². The molecule has 53 heavy (non-hydrogen) atoms. The van der Waals surface area contributed by atoms with Gasteiger partial charge in [0, 0.05) is 46.3 Å². The lowest BCUT2D eigenvalue weighted by Gasteiger charge is -2.39. The van der Waals surface area contributed by atoms with Gasteiger partial charge in [0.2, 0.25) is 0 Å². The SMILES string of the molecule is [C-]#[N+]c1ccc2c(c1)C(CC)(CC)c1c3c(c4ccccc4c1-2)OC(c1ccc(N2CCOCC2)cc1)(c1ccc2c(ccc4ccccc42)c1)C=C3. The molecular formula is C49H40N2O2. The van der Waals surface area contributed by atoms with Crippen LogP contribution in [-0.4, -0.2) is 26.3 Å². The molecule has 0 radical (unpaired) electrons. The maximum Gasteiger partial charge on any atom is 0.187 e. The molecule has 0 spiro atoms. The summed E-state index contributed by atoms with van der Waals surface area (Å²) in [5, 5.41) is 7.22. The van der Waals surface area contributed by atoms with E-state index in [1.165, 1.54) is 54.9 Å². The molecule has 4 heteroatoms. The molecule has 1 unspecified atom stereocenters. The zero-order valence-electron chi connectivity index (χ0n) is 30.2. The maximum absolute atomic E-state index is 7.85. The molecule has 0 aromatic heterocycles. The van der Waals surface area contributed by atoms with E-state index in [9.17, 15) is 0 Å². The molecule has 0 amide bonds. The second kappa shape index (κ2) is 12.1. The van der Waals surface area contributed by atoms with Gasteiger partial charge in [-0.3, -0.25) is 0 Å². The van der Waals surface area contributed by atoms with Crippen molar-refractivity contribution in [3.8, 4) is 16.9 Å². The summed E-state index contributed by atoms with van der Waals surface area (Å²) < 4.78 is 13.4. The molecule has 1 fully saturated rings. The first-order valence-electron chi connectivity index (χ1n) is 18.9. The third-order valence-electron chi connectivity index (χ3n) is 12.4. The highest BCUT2D eigenvalue weighted by Crippen LogP contribution is 2.60. The van der Waals surface area contributed by atoms with Crippen LogP contribution in [0.5, 0.6) is 5.75 Å². The predicted octanol–water partition coefficient (Wildman–Crippen LogP) is 12.0. The highest BCUT2D eigenvalue weighted by molar-refractivity contribution is 6.09. The number of hydrogen-bond donors (Lipinski definition) is 0. The Labute approximate surface area is 310 Å². The number of ether oxygens (including phenoxy) is 2. The Morgan fingerprint density at radius 2 is 1.40 bits per heavy atom. The molecule has 1 aliphatic carbocycles. The van der Waals surface area contributed by atoms with Gasteiger partial charge in [-0.2, -0.15) is 0 Å². The number of morpholine rings is 1. The van der Waals surface area contributed by atoms with Crippen molar-refractivity contribution in [1.29, 1.82) is 0 Å². The molecule has 7 aromatic rings. The van der Waals surface area contributed by atoms with E-state index in [0.717, 1.165) is 67.0 Å². The number of hydrogen-bond acceptors (Lipinski definition) is 3. The van der Waals surface area contributed by atoms with E-state index in [2.05, 4.69) is 151 Å². The van der Waals surface area contributed by atoms with Gasteiger partial charge in [-0.15, -0.1) is 0 Å². The Morgan fingerprint density at radius 1 is 0.698 bits per heavy atom. The first-order chi connectivity index (χ1) is 26.1. The fraction of sp³-hybridized carbons (Fsp3) is 0.204. The normalized spacial score (nSPS) is 18.4. The van der Waals surface area contributed by atoms with Crippen molar-refractivity contribution < 1.29 is 9.47 Å². The van der Waals surface area contributed by atoms with Gasteiger partial charge < -0.3 is 14.4 Å². The molecule has 2 aliphatic heterocycles. The van der Waals surface area contributed by atoms with E-state index in [4.69, 9.17) is 16.0 Å². The monoisotopic (exact) mass is 688 g/mol. The van der Waals surface area contributed by atoms with Crippen molar-refractivity contribution in [1.82, 2.24) is 0 Å². The lowest BCUT2D eigenvalue weighted by molar-refractivity contribution is 0.122. The average Bonchev–Trinajstić information content (AvgIpc) is 3.53. The molecule has 3 aliphatic rings. The molecule has 1 saturated heterocycles. The van der Waals surface area contributed by atoms with Gasteiger partial charge in [0.15, 0.2) is 11.3 Å². The quantitative estimate of drug-likeness (QED) is 0.133. The fourth-order valence-electron chi connectivity index (χ4n) is 9.67. The number of anilines is 1. The first kappa shape index (κ1) is 31.8. The number of rotatable bonds is 5. The lowest BCUT2D eigenvalue weighted by atomic mass is 9.71. The molecule has 0 bridgehead atoms. The van der Waals surface area contributed by atoms with Gasteiger partial charge in [-0.05, 0) is 86.3 Å². The van der Waals surface area contributed by atoms with Gasteiger partial charge in [0.05, 0.1) is 19.8 Å². The van der Waals surface area contributed by atoms with Crippen LogP contribution < -0.4 is 9.64 Å². The van der Waals surface area contributed by atoms with Crippen LogP contribution in [0.3, 0.4) is 0 Å². The molecule has 4 nitrogen and oxygen atoms in total. The summed E-state index contributed by atoms with van der Waals surface area (Å²) in [6.07, 6.45) is 6.51. The van der Waals surface area contributed by atoms with E-state index >= 15 is 0 Å². The summed E-state index contributed by atoms with van der Waals surface area (Å²) in [6.45, 7) is 15.7. The van der Waals surface area contributed by atoms with Gasteiger partial charge >= 0.3 is 0 Å². The molecular weight excluding hydrogens is 649 g/mol. The van der Waals surface area contributed by atoms with Gasteiger partial charge in [-0.1, -0.05) is 123 Å². The zero-order valence-corrected chi connectivity index (χ0v) is 30.2. The Bertz CT molecular complexity index is 2670. The van der Waals surface area contributed by atoms with E-state index in [1.54, 1.807) is 0 Å². The minimum atomic E-state index is -0.878. The maximum atomic E-state index is 7.85. The Hall–Kier alpha value is -5.89. The molecule has 7 aromatic carbocycles. The second-order valence-electron chi connectivity index (χ2n) is 14.7. The predicted molar refractivity (Wildman–Crippen MR) is 218 cm³/mol. The summed E-state index contributed by atoms with van der Waals surface area (Å²) in [5.74, 6) is 0.919. The zero-order chi connectivity index (χ0) is 35.7. The average molecular weight is 689 g/mol. The van der Waals surface area contributed by atoms with Gasteiger partial charge in [0.25, 0.3) is 0 Å². The third kappa shape index (κ3) is 4.57. The van der Waals surface area contributed by atoms with Crippen LogP contribution in [0.2, 0.25) is 0 Å². The number of fused-ring (bicyclic) bond motifs is 11. The standard InChI is InChI=1S/C49H40N2O2/c1-4-48(5-2)44-31-36(50-3)19-23-42(44)45-40-12-8-9-13-41(40)47-43(46(45)48)24-25-49(53-47,34-16-20-37(21-17-34)51-26-28-52-29-27-51)35-18-22-39-33(30-35)15-14-32-10-6-7-11-38(32)39/h6-25,30-31H,4-5,26-29H2,1-2H3. The van der Waals surface area contributed by atoms with Crippen LogP contribution in [0.4, 0.5) is 11.4 Å². The Morgan fingerprint density at radius 3 is 2.17 bits per heavy atom. The molecule has 2 heterocycles. The van der Waals surface area contributed by atoms with Crippen LogP contribution in [0.25, 0.3) is 54.4 Å². The molecule has 0 N–H and O–H groups in total. The number of nitrogens with zero attached hydrogens (tertiary/aromatic N) is 2. The summed E-state index contributed by atoms with van der Waals surface area (Å²) in [4.78, 5) is 6.26. The molecule has 258 valence electrons. The summed E-state index contributed by atoms with van der Waals surface area (Å²) in [7, 11) is 0. The van der Waals surface area contributed by atoms with Crippen molar-refractivity contribution in [2.75, 3.05) is 31.2 Å². The van der Waals surface area contributed by atoms with Crippen molar-refractivity contribution in [3.05, 3.63) is 167 Å². The van der Waals surface area contributed by atoms with Crippen LogP contribution in [0.1, 0.15) is 54.5 Å². The largest absolute Gasteiger partial charge is 0.472 e. The van der Waals surface area contributed by atoms with Crippen molar-refractivity contribution >= 4 is 49.8 Å². The highest BCUT2D eigenvalue weighted by atomic mass is 16.5. The Kier molecular flexibility index (Phi) is 7.25.